The highest BCUT2D eigenvalue weighted by Crippen LogP contribution is 2.19. The van der Waals surface area contributed by atoms with Gasteiger partial charge in [0.1, 0.15) is 6.17 Å². The Hall–Kier alpha value is -2.31. The summed E-state index contributed by atoms with van der Waals surface area (Å²) in [6.07, 6.45) is 2.52. The number of fused-ring (bicyclic) bond motifs is 1. The van der Waals surface area contributed by atoms with E-state index in [1.165, 1.54) is 0 Å². The van der Waals surface area contributed by atoms with Crippen molar-refractivity contribution in [2.75, 3.05) is 0 Å². The molecule has 1 unspecified atom stereocenters. The van der Waals surface area contributed by atoms with Gasteiger partial charge in [-0.15, -0.1) is 0 Å². The molecule has 4 amide bonds. The molecule has 0 spiro atoms. The van der Waals surface area contributed by atoms with Crippen molar-refractivity contribution in [2.45, 2.75) is 12.6 Å². The average Bonchev–Trinajstić information content (AvgIpc) is 2.15. The summed E-state index contributed by atoms with van der Waals surface area (Å²) in [4.78, 5) is 33.4. The number of amides is 4. The summed E-state index contributed by atoms with van der Waals surface area (Å²) in [6, 6.07) is -0.569. The van der Waals surface area contributed by atoms with Crippen LogP contribution in [0.5, 0.6) is 0 Å². The Balaban J connectivity index is 2.36. The highest BCUT2D eigenvalue weighted by Gasteiger charge is 2.32. The minimum atomic E-state index is -0.597. The van der Waals surface area contributed by atoms with Crippen molar-refractivity contribution in [1.82, 2.24) is 16.0 Å². The van der Waals surface area contributed by atoms with Crippen LogP contribution < -0.4 is 21.7 Å². The second-order valence-electron chi connectivity index (χ2n) is 3.44. The predicted octanol–water partition coefficient (Wildman–Crippen LogP) is -1.56. The summed E-state index contributed by atoms with van der Waals surface area (Å²) in [5.41, 5.74) is 5.90. The van der Waals surface area contributed by atoms with Crippen molar-refractivity contribution < 1.29 is 14.4 Å². The van der Waals surface area contributed by atoms with Crippen LogP contribution in [0.1, 0.15) is 6.42 Å². The Bertz CT molecular complexity index is 438. The Kier molecular flexibility index (Phi) is 2.35. The number of urea groups is 1. The maximum atomic E-state index is 11.6. The highest BCUT2D eigenvalue weighted by atomic mass is 16.2. The number of rotatable bonds is 2. The van der Waals surface area contributed by atoms with E-state index in [9.17, 15) is 14.4 Å². The Morgan fingerprint density at radius 3 is 2.88 bits per heavy atom. The second-order valence-corrected chi connectivity index (χ2v) is 3.44. The van der Waals surface area contributed by atoms with Gasteiger partial charge in [0.15, 0.2) is 0 Å². The van der Waals surface area contributed by atoms with Gasteiger partial charge in [0.05, 0.1) is 12.0 Å². The fourth-order valence-electron chi connectivity index (χ4n) is 1.67. The lowest BCUT2D eigenvalue weighted by molar-refractivity contribution is -0.117. The molecule has 0 radical (unpaired) electrons. The minimum Gasteiger partial charge on any atom is -0.369 e. The van der Waals surface area contributed by atoms with Crippen molar-refractivity contribution in [3.63, 3.8) is 0 Å². The van der Waals surface area contributed by atoms with Gasteiger partial charge in [0, 0.05) is 0 Å². The topological polar surface area (TPSA) is 113 Å². The lowest BCUT2D eigenvalue weighted by atomic mass is 9.97. The molecule has 0 aromatic heterocycles. The molecule has 5 N–H and O–H groups in total. The lowest BCUT2D eigenvalue weighted by Crippen LogP contribution is -2.59. The summed E-state index contributed by atoms with van der Waals surface area (Å²) in [5, 5.41) is 7.42. The van der Waals surface area contributed by atoms with E-state index in [0.717, 1.165) is 0 Å². The van der Waals surface area contributed by atoms with Crippen LogP contribution in [0, 0.1) is 0 Å². The molecular weight excluding hydrogens is 212 g/mol. The predicted molar refractivity (Wildman–Crippen MR) is 53.6 cm³/mol. The highest BCUT2D eigenvalue weighted by molar-refractivity contribution is 6.08. The summed E-state index contributed by atoms with van der Waals surface area (Å²) in [6.45, 7) is 0. The zero-order valence-corrected chi connectivity index (χ0v) is 8.24. The van der Waals surface area contributed by atoms with Crippen molar-refractivity contribution >= 4 is 17.8 Å². The summed E-state index contributed by atoms with van der Waals surface area (Å²) in [5.74, 6) is -1.04. The van der Waals surface area contributed by atoms with E-state index in [1.807, 2.05) is 0 Å². The maximum absolute atomic E-state index is 11.6. The number of allylic oxidation sites excluding steroid dienone is 1. The van der Waals surface area contributed by atoms with Gasteiger partial charge >= 0.3 is 6.03 Å². The number of imide groups is 1. The van der Waals surface area contributed by atoms with Crippen LogP contribution in [0.15, 0.2) is 23.4 Å². The van der Waals surface area contributed by atoms with E-state index in [4.69, 9.17) is 5.73 Å². The molecule has 0 aliphatic carbocycles. The Morgan fingerprint density at radius 2 is 2.19 bits per heavy atom. The van der Waals surface area contributed by atoms with Gasteiger partial charge in [0.2, 0.25) is 5.91 Å². The first kappa shape index (κ1) is 10.2. The van der Waals surface area contributed by atoms with Gasteiger partial charge in [-0.3, -0.25) is 14.9 Å². The van der Waals surface area contributed by atoms with Crippen molar-refractivity contribution in [1.29, 1.82) is 0 Å². The van der Waals surface area contributed by atoms with Crippen LogP contribution in [0.25, 0.3) is 0 Å². The third-order valence-electron chi connectivity index (χ3n) is 2.29. The number of carbonyl (C=O) groups excluding carboxylic acids is 3. The zero-order valence-electron chi connectivity index (χ0n) is 8.24. The van der Waals surface area contributed by atoms with Crippen LogP contribution in [0.3, 0.4) is 0 Å². The fraction of sp³-hybridized carbons (Fsp3) is 0.222. The number of hydrogen-bond donors (Lipinski definition) is 4. The first-order valence-corrected chi connectivity index (χ1v) is 4.63. The first-order chi connectivity index (χ1) is 7.58. The minimum absolute atomic E-state index is 0.0344. The van der Waals surface area contributed by atoms with E-state index < -0.39 is 24.0 Å². The molecule has 1 atom stereocenters. The van der Waals surface area contributed by atoms with E-state index in [1.54, 1.807) is 12.3 Å². The smallest absolute Gasteiger partial charge is 0.323 e. The standard InChI is InChI=1S/C9H10N4O3/c10-5(14)3-4-1-2-11-7-6(4)8(15)13-9(16)12-7/h1-2,7,11H,3H2,(H2,10,14)(H2,12,13,15,16). The van der Waals surface area contributed by atoms with Gasteiger partial charge in [0.25, 0.3) is 5.91 Å². The first-order valence-electron chi connectivity index (χ1n) is 4.63. The maximum Gasteiger partial charge on any atom is 0.323 e. The molecule has 2 aliphatic rings. The molecule has 2 rings (SSSR count). The fourth-order valence-corrected chi connectivity index (χ4v) is 1.67. The largest absolute Gasteiger partial charge is 0.369 e. The third kappa shape index (κ3) is 1.74. The number of primary amides is 1. The molecule has 7 nitrogen and oxygen atoms in total. The molecular formula is C9H10N4O3. The molecule has 0 bridgehead atoms. The van der Waals surface area contributed by atoms with Crippen LogP contribution in [0.4, 0.5) is 4.79 Å². The molecule has 0 saturated carbocycles. The number of dihydropyridines is 1. The van der Waals surface area contributed by atoms with Gasteiger partial charge in [-0.05, 0) is 17.8 Å². The molecule has 0 aromatic rings. The summed E-state index contributed by atoms with van der Waals surface area (Å²) < 4.78 is 0. The summed E-state index contributed by atoms with van der Waals surface area (Å²) in [7, 11) is 0. The van der Waals surface area contributed by atoms with Gasteiger partial charge in [-0.1, -0.05) is 0 Å². The third-order valence-corrected chi connectivity index (χ3v) is 2.29. The van der Waals surface area contributed by atoms with Gasteiger partial charge < -0.3 is 16.4 Å². The van der Waals surface area contributed by atoms with Crippen LogP contribution in [-0.2, 0) is 9.59 Å². The van der Waals surface area contributed by atoms with E-state index >= 15 is 0 Å². The van der Waals surface area contributed by atoms with Gasteiger partial charge in [-0.2, -0.15) is 0 Å². The average molecular weight is 222 g/mol. The number of carbonyl (C=O) groups is 3. The van der Waals surface area contributed by atoms with Crippen LogP contribution in [-0.4, -0.2) is 24.0 Å². The van der Waals surface area contributed by atoms with E-state index in [0.29, 0.717) is 11.1 Å². The second kappa shape index (κ2) is 3.69. The monoisotopic (exact) mass is 222 g/mol. The van der Waals surface area contributed by atoms with Crippen molar-refractivity contribution in [2.24, 2.45) is 5.73 Å². The van der Waals surface area contributed by atoms with Crippen molar-refractivity contribution in [3.05, 3.63) is 23.4 Å². The SMILES string of the molecule is NC(=O)CC1=C2C(=O)NC(=O)NC2NC=C1. The molecule has 0 aromatic carbocycles. The molecule has 1 fully saturated rings. The summed E-state index contributed by atoms with van der Waals surface area (Å²) >= 11 is 0. The molecule has 1 saturated heterocycles. The quantitative estimate of drug-likeness (QED) is 0.452. The number of hydrogen-bond acceptors (Lipinski definition) is 4. The molecule has 7 heteroatoms. The molecule has 84 valence electrons. The normalized spacial score (nSPS) is 23.1. The molecule has 2 heterocycles. The van der Waals surface area contributed by atoms with Crippen LogP contribution in [0.2, 0.25) is 0 Å². The van der Waals surface area contributed by atoms with E-state index in [-0.39, 0.29) is 6.42 Å². The lowest BCUT2D eigenvalue weighted by Gasteiger charge is -2.30. The molecule has 16 heavy (non-hydrogen) atoms. The Morgan fingerprint density at radius 1 is 1.44 bits per heavy atom. The van der Waals surface area contributed by atoms with Crippen LogP contribution >= 0.6 is 0 Å². The van der Waals surface area contributed by atoms with E-state index in [2.05, 4.69) is 16.0 Å². The van der Waals surface area contributed by atoms with Crippen molar-refractivity contribution in [3.8, 4) is 0 Å². The number of nitrogens with one attached hydrogen (secondary N) is 3. The zero-order chi connectivity index (χ0) is 11.7. The number of nitrogens with two attached hydrogens (primary N) is 1. The van der Waals surface area contributed by atoms with Gasteiger partial charge in [-0.25, -0.2) is 4.79 Å². The Labute approximate surface area is 90.7 Å². The molecule has 2 aliphatic heterocycles.